The molecule has 0 spiro atoms. The van der Waals surface area contributed by atoms with Crippen molar-refractivity contribution in [1.82, 2.24) is 9.55 Å². The highest BCUT2D eigenvalue weighted by atomic mass is 16.5. The zero-order chi connectivity index (χ0) is 21.8. The zero-order valence-corrected chi connectivity index (χ0v) is 17.6. The molecule has 0 atom stereocenters. The maximum atomic E-state index is 12.8. The molecule has 31 heavy (non-hydrogen) atoms. The van der Waals surface area contributed by atoms with Crippen LogP contribution in [0.5, 0.6) is 5.75 Å². The lowest BCUT2D eigenvalue weighted by Crippen LogP contribution is -2.20. The van der Waals surface area contributed by atoms with Crippen LogP contribution in [0.1, 0.15) is 60.8 Å². The van der Waals surface area contributed by atoms with Crippen LogP contribution in [0.3, 0.4) is 0 Å². The Balaban J connectivity index is 1.56. The Morgan fingerprint density at radius 2 is 1.97 bits per heavy atom. The van der Waals surface area contributed by atoms with Gasteiger partial charge in [-0.15, -0.1) is 0 Å². The van der Waals surface area contributed by atoms with E-state index in [-0.39, 0.29) is 11.1 Å². The molecular weight excluding hydrogens is 392 g/mol. The maximum absolute atomic E-state index is 12.8. The number of hydrogen-bond acceptors (Lipinski definition) is 4. The van der Waals surface area contributed by atoms with Crippen molar-refractivity contribution in [1.29, 1.82) is 0 Å². The van der Waals surface area contributed by atoms with Gasteiger partial charge in [-0.1, -0.05) is 38.3 Å². The molecule has 2 aromatic carbocycles. The predicted molar refractivity (Wildman–Crippen MR) is 122 cm³/mol. The molecule has 6 nitrogen and oxygen atoms in total. The van der Waals surface area contributed by atoms with Crippen LogP contribution in [0.25, 0.3) is 22.6 Å². The second kappa shape index (κ2) is 9.16. The summed E-state index contributed by atoms with van der Waals surface area (Å²) in [6, 6.07) is 12.4. The number of hydrogen-bond donors (Lipinski definition) is 1. The fourth-order valence-corrected chi connectivity index (χ4v) is 3.87. The molecular formula is C25H26N2O4. The third kappa shape index (κ3) is 4.53. The molecule has 3 aromatic rings. The van der Waals surface area contributed by atoms with Crippen molar-refractivity contribution in [3.63, 3.8) is 0 Å². The van der Waals surface area contributed by atoms with Crippen molar-refractivity contribution in [2.24, 2.45) is 0 Å². The van der Waals surface area contributed by atoms with Gasteiger partial charge in [-0.05, 0) is 60.4 Å². The lowest BCUT2D eigenvalue weighted by molar-refractivity contribution is 0.0697. The molecule has 1 aliphatic heterocycles. The summed E-state index contributed by atoms with van der Waals surface area (Å²) in [6.45, 7) is 3.49. The number of fused-ring (bicyclic) bond motifs is 2. The van der Waals surface area contributed by atoms with E-state index < -0.39 is 5.97 Å². The van der Waals surface area contributed by atoms with Crippen molar-refractivity contribution in [3.8, 4) is 5.75 Å². The lowest BCUT2D eigenvalue weighted by Gasteiger charge is -2.07. The van der Waals surface area contributed by atoms with E-state index >= 15 is 0 Å². The predicted octanol–water partition coefficient (Wildman–Crippen LogP) is 5.00. The number of nitrogens with zero attached hydrogens (tertiary/aromatic N) is 2. The summed E-state index contributed by atoms with van der Waals surface area (Å²) in [7, 11) is 0. The minimum Gasteiger partial charge on any atom is -0.494 e. The van der Waals surface area contributed by atoms with Gasteiger partial charge in [-0.25, -0.2) is 9.78 Å². The number of carboxylic acid groups (broad SMARTS) is 1. The fourth-order valence-electron chi connectivity index (χ4n) is 3.87. The van der Waals surface area contributed by atoms with Gasteiger partial charge in [0.25, 0.3) is 5.56 Å². The number of carboxylic acids is 1. The first-order chi connectivity index (χ1) is 15.1. The van der Waals surface area contributed by atoms with E-state index in [1.165, 1.54) is 31.4 Å². The van der Waals surface area contributed by atoms with E-state index in [0.717, 1.165) is 29.9 Å². The zero-order valence-electron chi connectivity index (χ0n) is 17.6. The molecule has 4 rings (SSSR count). The number of benzene rings is 2. The third-order valence-corrected chi connectivity index (χ3v) is 5.58. The molecule has 160 valence electrons. The summed E-state index contributed by atoms with van der Waals surface area (Å²) in [6.07, 6.45) is 7.44. The summed E-state index contributed by atoms with van der Waals surface area (Å²) in [5.41, 5.74) is 2.38. The Kier molecular flexibility index (Phi) is 6.16. The highest BCUT2D eigenvalue weighted by Crippen LogP contribution is 2.28. The minimum atomic E-state index is -1.03. The lowest BCUT2D eigenvalue weighted by atomic mass is 10.1. The van der Waals surface area contributed by atoms with E-state index in [1.54, 1.807) is 10.6 Å². The smallest absolute Gasteiger partial charge is 0.335 e. The van der Waals surface area contributed by atoms with Crippen LogP contribution in [0, 0.1) is 0 Å². The van der Waals surface area contributed by atoms with Gasteiger partial charge in [0.05, 0.1) is 23.1 Å². The average molecular weight is 418 g/mol. The topological polar surface area (TPSA) is 81.4 Å². The van der Waals surface area contributed by atoms with E-state index in [1.807, 2.05) is 30.3 Å². The van der Waals surface area contributed by atoms with Gasteiger partial charge in [-0.3, -0.25) is 9.36 Å². The van der Waals surface area contributed by atoms with E-state index in [4.69, 9.17) is 4.74 Å². The van der Waals surface area contributed by atoms with Gasteiger partial charge in [0.1, 0.15) is 11.6 Å². The van der Waals surface area contributed by atoms with Crippen molar-refractivity contribution in [2.45, 2.75) is 45.6 Å². The summed E-state index contributed by atoms with van der Waals surface area (Å²) in [4.78, 5) is 28.7. The SMILES string of the molecule is CCCCCCOc1ccc(/C=C2/CCn3c2nc2cc(C(=O)O)ccc2c3=O)cc1. The highest BCUT2D eigenvalue weighted by molar-refractivity contribution is 5.93. The molecule has 0 amide bonds. The molecule has 0 radical (unpaired) electrons. The molecule has 0 saturated carbocycles. The normalized spacial score (nSPS) is 14.2. The number of allylic oxidation sites excluding steroid dienone is 1. The van der Waals surface area contributed by atoms with Gasteiger partial charge in [-0.2, -0.15) is 0 Å². The maximum Gasteiger partial charge on any atom is 0.335 e. The van der Waals surface area contributed by atoms with Crippen LogP contribution >= 0.6 is 0 Å². The standard InChI is InChI=1S/C25H26N2O4/c1-2-3-4-5-14-31-20-9-6-17(7-10-20)15-18-12-13-27-23(18)26-22-16-19(25(29)30)8-11-21(22)24(27)28/h6-11,15-16H,2-5,12-14H2,1H3,(H,29,30)/b18-15-. The van der Waals surface area contributed by atoms with Gasteiger partial charge in [0.2, 0.25) is 0 Å². The van der Waals surface area contributed by atoms with Gasteiger partial charge >= 0.3 is 5.97 Å². The Hall–Kier alpha value is -3.41. The first kappa shape index (κ1) is 20.8. The monoisotopic (exact) mass is 418 g/mol. The molecule has 1 aromatic heterocycles. The quantitative estimate of drug-likeness (QED) is 0.521. The van der Waals surface area contributed by atoms with Gasteiger partial charge in [0, 0.05) is 6.54 Å². The van der Waals surface area contributed by atoms with Crippen LogP contribution in [-0.4, -0.2) is 27.2 Å². The van der Waals surface area contributed by atoms with Crippen molar-refractivity contribution >= 4 is 28.5 Å². The first-order valence-electron chi connectivity index (χ1n) is 10.8. The third-order valence-electron chi connectivity index (χ3n) is 5.58. The Morgan fingerprint density at radius 1 is 1.16 bits per heavy atom. The van der Waals surface area contributed by atoms with Crippen molar-refractivity contribution in [3.05, 3.63) is 69.8 Å². The minimum absolute atomic E-state index is 0.123. The highest BCUT2D eigenvalue weighted by Gasteiger charge is 2.21. The second-order valence-corrected chi connectivity index (χ2v) is 7.83. The number of aromatic nitrogens is 2. The molecule has 0 unspecified atom stereocenters. The largest absolute Gasteiger partial charge is 0.494 e. The average Bonchev–Trinajstić information content (AvgIpc) is 3.17. The van der Waals surface area contributed by atoms with E-state index in [9.17, 15) is 14.7 Å². The van der Waals surface area contributed by atoms with Crippen LogP contribution in [0.2, 0.25) is 0 Å². The molecule has 0 bridgehead atoms. The summed E-state index contributed by atoms with van der Waals surface area (Å²) >= 11 is 0. The van der Waals surface area contributed by atoms with Gasteiger partial charge in [0.15, 0.2) is 0 Å². The Labute approximate surface area is 180 Å². The second-order valence-electron chi connectivity index (χ2n) is 7.83. The first-order valence-corrected chi connectivity index (χ1v) is 10.8. The van der Waals surface area contributed by atoms with E-state index in [2.05, 4.69) is 11.9 Å². The molecule has 0 aliphatic carbocycles. The van der Waals surface area contributed by atoms with Crippen LogP contribution in [-0.2, 0) is 6.54 Å². The number of ether oxygens (including phenoxy) is 1. The van der Waals surface area contributed by atoms with Crippen molar-refractivity contribution < 1.29 is 14.6 Å². The van der Waals surface area contributed by atoms with Crippen LogP contribution in [0.15, 0.2) is 47.3 Å². The number of rotatable bonds is 8. The Morgan fingerprint density at radius 3 is 2.71 bits per heavy atom. The van der Waals surface area contributed by atoms with Gasteiger partial charge < -0.3 is 9.84 Å². The fraction of sp³-hybridized carbons (Fsp3) is 0.320. The van der Waals surface area contributed by atoms with Crippen LogP contribution < -0.4 is 10.3 Å². The summed E-state index contributed by atoms with van der Waals surface area (Å²) < 4.78 is 7.47. The summed E-state index contributed by atoms with van der Waals surface area (Å²) in [5, 5.41) is 9.68. The molecule has 1 aliphatic rings. The van der Waals surface area contributed by atoms with E-state index in [0.29, 0.717) is 29.7 Å². The van der Waals surface area contributed by atoms with Crippen LogP contribution in [0.4, 0.5) is 0 Å². The molecule has 0 saturated heterocycles. The number of unbranched alkanes of at least 4 members (excludes halogenated alkanes) is 3. The number of aromatic carboxylic acids is 1. The summed E-state index contributed by atoms with van der Waals surface area (Å²) in [5.74, 6) is 0.427. The molecule has 6 heteroatoms. The number of carbonyl (C=O) groups is 1. The van der Waals surface area contributed by atoms with Crippen molar-refractivity contribution in [2.75, 3.05) is 6.61 Å². The molecule has 1 N–H and O–H groups in total. The Bertz CT molecular complexity index is 1190. The molecule has 0 fully saturated rings. The molecule has 2 heterocycles.